The van der Waals surface area contributed by atoms with Gasteiger partial charge in [0.2, 0.25) is 0 Å². The molecule has 2 nitrogen and oxygen atoms in total. The van der Waals surface area contributed by atoms with E-state index in [4.69, 9.17) is 0 Å². The Labute approximate surface area is 74.8 Å². The van der Waals surface area contributed by atoms with E-state index in [-0.39, 0.29) is 0 Å². The molecule has 0 fully saturated rings. The fourth-order valence-corrected chi connectivity index (χ4v) is 0.765. The number of benzene rings is 1. The van der Waals surface area contributed by atoms with Crippen molar-refractivity contribution in [3.05, 3.63) is 35.4 Å². The Balaban J connectivity index is 2.73. The van der Waals surface area contributed by atoms with E-state index < -0.39 is 11.6 Å². The van der Waals surface area contributed by atoms with Crippen LogP contribution in [0.4, 0.5) is 8.78 Å². The molecule has 0 saturated carbocycles. The van der Waals surface area contributed by atoms with E-state index in [1.165, 1.54) is 12.3 Å². The summed E-state index contributed by atoms with van der Waals surface area (Å²) in [6.45, 7) is 2.22. The van der Waals surface area contributed by atoms with Crippen molar-refractivity contribution in [3.8, 4) is 0 Å². The number of rotatable bonds is 3. The Bertz CT molecular complexity index is 312. The van der Waals surface area contributed by atoms with Gasteiger partial charge in [-0.05, 0) is 24.6 Å². The third-order valence-electron chi connectivity index (χ3n) is 1.35. The second-order valence-electron chi connectivity index (χ2n) is 2.33. The van der Waals surface area contributed by atoms with Crippen LogP contribution in [0.2, 0.25) is 0 Å². The number of hydrogen-bond donors (Lipinski definition) is 0. The van der Waals surface area contributed by atoms with Gasteiger partial charge < -0.3 is 4.84 Å². The second-order valence-corrected chi connectivity index (χ2v) is 2.33. The Morgan fingerprint density at radius 3 is 2.77 bits per heavy atom. The molecule has 1 aromatic carbocycles. The molecular formula is C9H9F2NO. The van der Waals surface area contributed by atoms with Crippen molar-refractivity contribution in [1.29, 1.82) is 0 Å². The number of hydrogen-bond acceptors (Lipinski definition) is 2. The molecule has 0 saturated heterocycles. The second kappa shape index (κ2) is 4.54. The quantitative estimate of drug-likeness (QED) is 0.523. The maximum absolute atomic E-state index is 12.6. The molecule has 0 aliphatic carbocycles. The molecule has 1 aromatic rings. The number of oxime groups is 1. The lowest BCUT2D eigenvalue weighted by Gasteiger charge is -1.94. The fraction of sp³-hybridized carbons (Fsp3) is 0.222. The first-order valence-electron chi connectivity index (χ1n) is 3.84. The molecular weight excluding hydrogens is 176 g/mol. The highest BCUT2D eigenvalue weighted by atomic mass is 19.2. The summed E-state index contributed by atoms with van der Waals surface area (Å²) < 4.78 is 25.0. The smallest absolute Gasteiger partial charge is 0.159 e. The van der Waals surface area contributed by atoms with Crippen molar-refractivity contribution < 1.29 is 13.6 Å². The Kier molecular flexibility index (Phi) is 3.37. The van der Waals surface area contributed by atoms with E-state index in [0.717, 1.165) is 12.1 Å². The molecule has 13 heavy (non-hydrogen) atoms. The van der Waals surface area contributed by atoms with Crippen LogP contribution in [0, 0.1) is 11.6 Å². The van der Waals surface area contributed by atoms with Crippen molar-refractivity contribution in [2.75, 3.05) is 6.61 Å². The fourth-order valence-electron chi connectivity index (χ4n) is 0.765. The zero-order chi connectivity index (χ0) is 9.68. The monoisotopic (exact) mass is 185 g/mol. The van der Waals surface area contributed by atoms with Gasteiger partial charge in [0.05, 0.1) is 6.21 Å². The molecule has 0 radical (unpaired) electrons. The van der Waals surface area contributed by atoms with Crippen LogP contribution in [0.1, 0.15) is 12.5 Å². The molecule has 0 unspecified atom stereocenters. The summed E-state index contributed by atoms with van der Waals surface area (Å²) in [5.74, 6) is -1.76. The Morgan fingerprint density at radius 1 is 1.38 bits per heavy atom. The molecule has 0 aliphatic heterocycles. The molecule has 0 N–H and O–H groups in total. The summed E-state index contributed by atoms with van der Waals surface area (Å²) >= 11 is 0. The Hall–Kier alpha value is -1.45. The average molecular weight is 185 g/mol. The van der Waals surface area contributed by atoms with Crippen molar-refractivity contribution in [1.82, 2.24) is 0 Å². The average Bonchev–Trinajstić information content (AvgIpc) is 2.12. The van der Waals surface area contributed by atoms with Crippen LogP contribution in [0.25, 0.3) is 0 Å². The van der Waals surface area contributed by atoms with Crippen molar-refractivity contribution >= 4 is 6.21 Å². The highest BCUT2D eigenvalue weighted by Gasteiger charge is 1.99. The van der Waals surface area contributed by atoms with Crippen LogP contribution < -0.4 is 0 Å². The van der Waals surface area contributed by atoms with Crippen molar-refractivity contribution in [2.45, 2.75) is 6.92 Å². The van der Waals surface area contributed by atoms with Crippen LogP contribution in [-0.4, -0.2) is 12.8 Å². The van der Waals surface area contributed by atoms with Gasteiger partial charge in [-0.25, -0.2) is 8.78 Å². The first-order chi connectivity index (χ1) is 6.24. The topological polar surface area (TPSA) is 21.6 Å². The molecule has 0 aromatic heterocycles. The van der Waals surface area contributed by atoms with Crippen LogP contribution in [0.3, 0.4) is 0 Å². The van der Waals surface area contributed by atoms with Gasteiger partial charge in [-0.1, -0.05) is 11.2 Å². The summed E-state index contributed by atoms with van der Waals surface area (Å²) in [5, 5.41) is 3.52. The van der Waals surface area contributed by atoms with E-state index in [0.29, 0.717) is 12.2 Å². The largest absolute Gasteiger partial charge is 0.396 e. The van der Waals surface area contributed by atoms with Gasteiger partial charge in [0.1, 0.15) is 6.61 Å². The van der Waals surface area contributed by atoms with E-state index in [2.05, 4.69) is 9.99 Å². The van der Waals surface area contributed by atoms with E-state index in [1.54, 1.807) is 6.92 Å². The third-order valence-corrected chi connectivity index (χ3v) is 1.35. The summed E-state index contributed by atoms with van der Waals surface area (Å²) in [4.78, 5) is 4.66. The zero-order valence-corrected chi connectivity index (χ0v) is 7.13. The SMILES string of the molecule is CCO/N=C/c1ccc(F)c(F)c1. The minimum atomic E-state index is -0.888. The molecule has 70 valence electrons. The predicted octanol–water partition coefficient (Wildman–Crippen LogP) is 2.34. The molecule has 0 heterocycles. The van der Waals surface area contributed by atoms with E-state index >= 15 is 0 Å². The maximum atomic E-state index is 12.6. The summed E-state index contributed by atoms with van der Waals surface area (Å²) in [5.41, 5.74) is 0.465. The van der Waals surface area contributed by atoms with Crippen LogP contribution in [0.15, 0.2) is 23.4 Å². The van der Waals surface area contributed by atoms with Crippen molar-refractivity contribution in [3.63, 3.8) is 0 Å². The first-order valence-corrected chi connectivity index (χ1v) is 3.84. The van der Waals surface area contributed by atoms with Crippen LogP contribution in [0.5, 0.6) is 0 Å². The van der Waals surface area contributed by atoms with Crippen LogP contribution in [-0.2, 0) is 4.84 Å². The summed E-state index contributed by atoms with van der Waals surface area (Å²) in [7, 11) is 0. The summed E-state index contributed by atoms with van der Waals surface area (Å²) in [6.07, 6.45) is 1.33. The predicted molar refractivity (Wildman–Crippen MR) is 45.6 cm³/mol. The van der Waals surface area contributed by atoms with Crippen molar-refractivity contribution in [2.24, 2.45) is 5.16 Å². The lowest BCUT2D eigenvalue weighted by molar-refractivity contribution is 0.160. The normalized spacial score (nSPS) is 10.7. The number of halogens is 2. The Morgan fingerprint density at radius 2 is 2.15 bits per heavy atom. The highest BCUT2D eigenvalue weighted by Crippen LogP contribution is 2.06. The molecule has 0 bridgehead atoms. The first kappa shape index (κ1) is 9.64. The minimum Gasteiger partial charge on any atom is -0.396 e. The summed E-state index contributed by atoms with van der Waals surface area (Å²) in [6, 6.07) is 3.52. The van der Waals surface area contributed by atoms with Gasteiger partial charge in [-0.2, -0.15) is 0 Å². The lowest BCUT2D eigenvalue weighted by Crippen LogP contribution is -1.88. The molecule has 0 atom stereocenters. The minimum absolute atomic E-state index is 0.445. The van der Waals surface area contributed by atoms with Gasteiger partial charge in [-0.3, -0.25) is 0 Å². The third kappa shape index (κ3) is 2.82. The zero-order valence-electron chi connectivity index (χ0n) is 7.13. The van der Waals surface area contributed by atoms with E-state index in [9.17, 15) is 8.78 Å². The molecule has 0 spiro atoms. The molecule has 0 amide bonds. The lowest BCUT2D eigenvalue weighted by atomic mass is 10.2. The van der Waals surface area contributed by atoms with E-state index in [1.807, 2.05) is 0 Å². The van der Waals surface area contributed by atoms with Gasteiger partial charge in [-0.15, -0.1) is 0 Å². The molecule has 0 aliphatic rings. The molecule has 1 rings (SSSR count). The van der Waals surface area contributed by atoms with Gasteiger partial charge >= 0.3 is 0 Å². The van der Waals surface area contributed by atoms with Gasteiger partial charge in [0.15, 0.2) is 11.6 Å². The van der Waals surface area contributed by atoms with Gasteiger partial charge in [0, 0.05) is 0 Å². The highest BCUT2D eigenvalue weighted by molar-refractivity contribution is 5.78. The van der Waals surface area contributed by atoms with Gasteiger partial charge in [0.25, 0.3) is 0 Å². The standard InChI is InChI=1S/C9H9F2NO/c1-2-13-12-6-7-3-4-8(10)9(11)5-7/h3-6H,2H2,1H3/b12-6+. The molecule has 4 heteroatoms. The van der Waals surface area contributed by atoms with Crippen LogP contribution >= 0.6 is 0 Å². The number of nitrogens with zero attached hydrogens (tertiary/aromatic N) is 1. The maximum Gasteiger partial charge on any atom is 0.159 e.